The second-order valence-electron chi connectivity index (χ2n) is 5.81. The van der Waals surface area contributed by atoms with Crippen molar-refractivity contribution in [3.63, 3.8) is 0 Å². The molecule has 0 fully saturated rings. The van der Waals surface area contributed by atoms with Gasteiger partial charge in [0, 0.05) is 12.6 Å². The van der Waals surface area contributed by atoms with Gasteiger partial charge in [-0.2, -0.15) is 0 Å². The number of carboxylic acids is 1. The lowest BCUT2D eigenvalue weighted by Gasteiger charge is -2.29. The van der Waals surface area contributed by atoms with Gasteiger partial charge in [0.2, 0.25) is 0 Å². The monoisotopic (exact) mass is 263 g/mol. The number of hydrogen-bond donors (Lipinski definition) is 1. The summed E-state index contributed by atoms with van der Waals surface area (Å²) in [5.41, 5.74) is 3.64. The number of carboxylic acid groups (broad SMARTS) is 1. The summed E-state index contributed by atoms with van der Waals surface area (Å²) in [6.07, 6.45) is 0. The van der Waals surface area contributed by atoms with Crippen molar-refractivity contribution in [3.8, 4) is 0 Å². The first-order valence-electron chi connectivity index (χ1n) is 6.83. The van der Waals surface area contributed by atoms with Gasteiger partial charge in [-0.3, -0.25) is 9.69 Å². The van der Waals surface area contributed by atoms with Crippen LogP contribution >= 0.6 is 0 Å². The van der Waals surface area contributed by atoms with Gasteiger partial charge < -0.3 is 5.11 Å². The standard InChI is InChI=1S/C16H25NO2/c1-11(2)9-17(10-16(18)19)14(5)15-7-12(3)6-13(4)8-15/h6-8,11,14H,9-10H2,1-5H3,(H,18,19). The number of nitrogens with zero attached hydrogens (tertiary/aromatic N) is 1. The normalized spacial score (nSPS) is 13.0. The molecule has 0 radical (unpaired) electrons. The van der Waals surface area contributed by atoms with Crippen molar-refractivity contribution in [1.82, 2.24) is 4.90 Å². The number of aliphatic carboxylic acids is 1. The minimum absolute atomic E-state index is 0.0896. The van der Waals surface area contributed by atoms with Gasteiger partial charge in [0.05, 0.1) is 6.54 Å². The molecule has 1 atom stereocenters. The van der Waals surface area contributed by atoms with Gasteiger partial charge in [-0.05, 0) is 32.3 Å². The fraction of sp³-hybridized carbons (Fsp3) is 0.562. The second kappa shape index (κ2) is 6.71. The highest BCUT2D eigenvalue weighted by atomic mass is 16.4. The molecule has 1 aromatic carbocycles. The van der Waals surface area contributed by atoms with Crippen molar-refractivity contribution < 1.29 is 9.90 Å². The van der Waals surface area contributed by atoms with Crippen LogP contribution in [0.1, 0.15) is 43.5 Å². The lowest BCUT2D eigenvalue weighted by molar-refractivity contribution is -0.139. The van der Waals surface area contributed by atoms with E-state index in [9.17, 15) is 4.79 Å². The summed E-state index contributed by atoms with van der Waals surface area (Å²) in [5.74, 6) is -0.315. The first-order valence-corrected chi connectivity index (χ1v) is 6.83. The fourth-order valence-corrected chi connectivity index (χ4v) is 2.46. The molecule has 3 nitrogen and oxygen atoms in total. The number of aryl methyl sites for hydroxylation is 2. The van der Waals surface area contributed by atoms with E-state index in [2.05, 4.69) is 52.8 Å². The molecule has 0 saturated carbocycles. The SMILES string of the molecule is Cc1cc(C)cc(C(C)N(CC(=O)O)CC(C)C)c1. The molecule has 0 saturated heterocycles. The number of benzene rings is 1. The van der Waals surface area contributed by atoms with Crippen LogP contribution in [0.3, 0.4) is 0 Å². The zero-order valence-electron chi connectivity index (χ0n) is 12.6. The van der Waals surface area contributed by atoms with Crippen LogP contribution in [-0.2, 0) is 4.79 Å². The first kappa shape index (κ1) is 15.7. The maximum atomic E-state index is 11.0. The van der Waals surface area contributed by atoms with E-state index in [0.717, 1.165) is 6.54 Å². The fourth-order valence-electron chi connectivity index (χ4n) is 2.46. The van der Waals surface area contributed by atoms with Crippen molar-refractivity contribution in [2.45, 2.75) is 40.7 Å². The molecule has 0 aliphatic rings. The predicted molar refractivity (Wildman–Crippen MR) is 78.4 cm³/mol. The molecular weight excluding hydrogens is 238 g/mol. The summed E-state index contributed by atoms with van der Waals surface area (Å²) in [6.45, 7) is 11.3. The Bertz CT molecular complexity index is 420. The third-order valence-electron chi connectivity index (χ3n) is 3.21. The van der Waals surface area contributed by atoms with Crippen LogP contribution < -0.4 is 0 Å². The minimum atomic E-state index is -0.767. The second-order valence-corrected chi connectivity index (χ2v) is 5.81. The summed E-state index contributed by atoms with van der Waals surface area (Å²) in [6, 6.07) is 6.55. The Morgan fingerprint density at radius 3 is 2.11 bits per heavy atom. The van der Waals surface area contributed by atoms with Crippen LogP contribution in [0.4, 0.5) is 0 Å². The Kier molecular flexibility index (Phi) is 5.55. The van der Waals surface area contributed by atoms with Crippen molar-refractivity contribution in [1.29, 1.82) is 0 Å². The number of carbonyl (C=O) groups is 1. The highest BCUT2D eigenvalue weighted by molar-refractivity contribution is 5.69. The maximum absolute atomic E-state index is 11.0. The molecule has 1 N–H and O–H groups in total. The van der Waals surface area contributed by atoms with Crippen LogP contribution in [-0.4, -0.2) is 29.1 Å². The first-order chi connectivity index (χ1) is 8.79. The predicted octanol–water partition coefficient (Wildman–Crippen LogP) is 3.41. The number of hydrogen-bond acceptors (Lipinski definition) is 2. The van der Waals surface area contributed by atoms with Gasteiger partial charge in [-0.25, -0.2) is 0 Å². The molecular formula is C16H25NO2. The molecule has 0 aliphatic heterocycles. The van der Waals surface area contributed by atoms with Crippen molar-refractivity contribution in [2.75, 3.05) is 13.1 Å². The van der Waals surface area contributed by atoms with Crippen molar-refractivity contribution >= 4 is 5.97 Å². The third kappa shape index (κ3) is 5.03. The zero-order valence-corrected chi connectivity index (χ0v) is 12.6. The van der Waals surface area contributed by atoms with Gasteiger partial charge >= 0.3 is 5.97 Å². The largest absolute Gasteiger partial charge is 0.480 e. The Labute approximate surface area is 116 Å². The van der Waals surface area contributed by atoms with E-state index >= 15 is 0 Å². The topological polar surface area (TPSA) is 40.5 Å². The van der Waals surface area contributed by atoms with Crippen molar-refractivity contribution in [3.05, 3.63) is 34.9 Å². The quantitative estimate of drug-likeness (QED) is 0.855. The van der Waals surface area contributed by atoms with E-state index in [1.807, 2.05) is 4.90 Å². The Balaban J connectivity index is 2.96. The minimum Gasteiger partial charge on any atom is -0.480 e. The van der Waals surface area contributed by atoms with Gasteiger partial charge in [0.25, 0.3) is 0 Å². The zero-order chi connectivity index (χ0) is 14.6. The van der Waals surface area contributed by atoms with E-state index in [1.54, 1.807) is 0 Å². The molecule has 0 amide bonds. The Morgan fingerprint density at radius 1 is 1.16 bits per heavy atom. The van der Waals surface area contributed by atoms with Crippen LogP contribution in [0.5, 0.6) is 0 Å². The Hall–Kier alpha value is -1.35. The highest BCUT2D eigenvalue weighted by Crippen LogP contribution is 2.23. The molecule has 1 aromatic rings. The molecule has 19 heavy (non-hydrogen) atoms. The summed E-state index contributed by atoms with van der Waals surface area (Å²) < 4.78 is 0. The highest BCUT2D eigenvalue weighted by Gasteiger charge is 2.19. The molecule has 3 heteroatoms. The van der Waals surface area contributed by atoms with Gasteiger partial charge in [0.1, 0.15) is 0 Å². The molecule has 1 unspecified atom stereocenters. The lowest BCUT2D eigenvalue weighted by atomic mass is 10.0. The van der Waals surface area contributed by atoms with E-state index in [1.165, 1.54) is 16.7 Å². The smallest absolute Gasteiger partial charge is 0.317 e. The van der Waals surface area contributed by atoms with Crippen molar-refractivity contribution in [2.24, 2.45) is 5.92 Å². The molecule has 0 bridgehead atoms. The average Bonchev–Trinajstić information content (AvgIpc) is 2.24. The van der Waals surface area contributed by atoms with Crippen LogP contribution in [0.2, 0.25) is 0 Å². The average molecular weight is 263 g/mol. The molecule has 0 spiro atoms. The summed E-state index contributed by atoms with van der Waals surface area (Å²) >= 11 is 0. The third-order valence-corrected chi connectivity index (χ3v) is 3.21. The van der Waals surface area contributed by atoms with Gasteiger partial charge in [-0.15, -0.1) is 0 Å². The molecule has 0 aromatic heterocycles. The van der Waals surface area contributed by atoms with Crippen LogP contribution in [0.15, 0.2) is 18.2 Å². The molecule has 0 aliphatic carbocycles. The maximum Gasteiger partial charge on any atom is 0.317 e. The number of rotatable bonds is 6. The van der Waals surface area contributed by atoms with Crippen LogP contribution in [0.25, 0.3) is 0 Å². The molecule has 106 valence electrons. The molecule has 0 heterocycles. The lowest BCUT2D eigenvalue weighted by Crippen LogP contribution is -2.35. The van der Waals surface area contributed by atoms with Gasteiger partial charge in [0.15, 0.2) is 0 Å². The Morgan fingerprint density at radius 2 is 1.68 bits per heavy atom. The summed E-state index contributed by atoms with van der Waals surface area (Å²) in [5, 5.41) is 9.06. The summed E-state index contributed by atoms with van der Waals surface area (Å²) in [4.78, 5) is 13.0. The molecule has 1 rings (SSSR count). The van der Waals surface area contributed by atoms with Gasteiger partial charge in [-0.1, -0.05) is 43.2 Å². The van der Waals surface area contributed by atoms with E-state index in [-0.39, 0.29) is 12.6 Å². The van der Waals surface area contributed by atoms with E-state index < -0.39 is 5.97 Å². The van der Waals surface area contributed by atoms with E-state index in [0.29, 0.717) is 5.92 Å². The van der Waals surface area contributed by atoms with E-state index in [4.69, 9.17) is 5.11 Å². The summed E-state index contributed by atoms with van der Waals surface area (Å²) in [7, 11) is 0. The van der Waals surface area contributed by atoms with Crippen LogP contribution in [0, 0.1) is 19.8 Å².